The lowest BCUT2D eigenvalue weighted by molar-refractivity contribution is 0.630. The summed E-state index contributed by atoms with van der Waals surface area (Å²) in [4.78, 5) is 0. The van der Waals surface area contributed by atoms with Crippen LogP contribution in [0, 0.1) is 0 Å². The van der Waals surface area contributed by atoms with Crippen molar-refractivity contribution < 1.29 is 0 Å². The second kappa shape index (κ2) is 15.8. The van der Waals surface area contributed by atoms with Crippen molar-refractivity contribution in [2.75, 3.05) is 16.8 Å². The Hall–Kier alpha value is 0.830. The molecule has 0 rings (SSSR count). The highest BCUT2D eigenvalue weighted by atomic mass is 79.9. The molecule has 0 unspecified atom stereocenters. The van der Waals surface area contributed by atoms with Gasteiger partial charge in [0.15, 0.2) is 0 Å². The molecule has 0 aromatic carbocycles. The van der Waals surface area contributed by atoms with Crippen LogP contribution in [-0.4, -0.2) is 16.8 Å². The maximum absolute atomic E-state index is 3.48. The molecular weight excluding hydrogens is 280 g/mol. The standard InChI is InChI=1S/C14H29BrS/c1-2-3-4-10-13-16-14-11-8-6-5-7-9-12-15/h2-14H2,1H3. The number of hydrogen-bond donors (Lipinski definition) is 0. The molecule has 2 heteroatoms. The second-order valence-electron chi connectivity index (χ2n) is 4.48. The molecule has 0 N–H and O–H groups in total. The van der Waals surface area contributed by atoms with Crippen molar-refractivity contribution in [2.24, 2.45) is 0 Å². The Kier molecular flexibility index (Phi) is 16.7. The van der Waals surface area contributed by atoms with Gasteiger partial charge in [-0.15, -0.1) is 0 Å². The molecule has 0 nitrogen and oxygen atoms in total. The van der Waals surface area contributed by atoms with Gasteiger partial charge >= 0.3 is 0 Å². The van der Waals surface area contributed by atoms with E-state index >= 15 is 0 Å². The number of alkyl halides is 1. The van der Waals surface area contributed by atoms with Gasteiger partial charge in [0.1, 0.15) is 0 Å². The van der Waals surface area contributed by atoms with Gasteiger partial charge in [0, 0.05) is 5.33 Å². The first-order chi connectivity index (χ1) is 7.91. The van der Waals surface area contributed by atoms with Gasteiger partial charge in [-0.2, -0.15) is 11.8 Å². The molecule has 0 radical (unpaired) electrons. The number of halogens is 1. The second-order valence-corrected chi connectivity index (χ2v) is 6.50. The summed E-state index contributed by atoms with van der Waals surface area (Å²) in [6, 6.07) is 0. The zero-order valence-electron chi connectivity index (χ0n) is 11.0. The van der Waals surface area contributed by atoms with Crippen LogP contribution in [0.5, 0.6) is 0 Å². The highest BCUT2D eigenvalue weighted by Gasteiger charge is 1.93. The summed E-state index contributed by atoms with van der Waals surface area (Å²) in [5.41, 5.74) is 0. The normalized spacial score (nSPS) is 10.9. The van der Waals surface area contributed by atoms with E-state index < -0.39 is 0 Å². The first-order valence-corrected chi connectivity index (χ1v) is 9.33. The predicted molar refractivity (Wildman–Crippen MR) is 83.0 cm³/mol. The van der Waals surface area contributed by atoms with Crippen LogP contribution in [0.25, 0.3) is 0 Å². The first-order valence-electron chi connectivity index (χ1n) is 7.05. The molecule has 0 saturated carbocycles. The first kappa shape index (κ1) is 16.8. The third-order valence-electron chi connectivity index (χ3n) is 2.81. The number of rotatable bonds is 13. The van der Waals surface area contributed by atoms with E-state index in [4.69, 9.17) is 0 Å². The van der Waals surface area contributed by atoms with Crippen molar-refractivity contribution in [3.05, 3.63) is 0 Å². The molecule has 0 aliphatic carbocycles. The van der Waals surface area contributed by atoms with E-state index in [1.54, 1.807) is 0 Å². The molecule has 0 amide bonds. The number of thioether (sulfide) groups is 1. The summed E-state index contributed by atoms with van der Waals surface area (Å²) in [6.45, 7) is 2.28. The molecule has 0 spiro atoms. The molecule has 0 bridgehead atoms. The third-order valence-corrected chi connectivity index (χ3v) is 4.53. The van der Waals surface area contributed by atoms with Crippen molar-refractivity contribution in [1.29, 1.82) is 0 Å². The van der Waals surface area contributed by atoms with Gasteiger partial charge in [-0.3, -0.25) is 0 Å². The average molecular weight is 309 g/mol. The summed E-state index contributed by atoms with van der Waals surface area (Å²) in [6.07, 6.45) is 14.2. The summed E-state index contributed by atoms with van der Waals surface area (Å²) >= 11 is 5.64. The zero-order valence-corrected chi connectivity index (χ0v) is 13.4. The van der Waals surface area contributed by atoms with E-state index in [0.29, 0.717) is 0 Å². The van der Waals surface area contributed by atoms with Gasteiger partial charge in [-0.25, -0.2) is 0 Å². The van der Waals surface area contributed by atoms with E-state index in [0.717, 1.165) is 0 Å². The minimum Gasteiger partial charge on any atom is -0.162 e. The average Bonchev–Trinajstić information content (AvgIpc) is 2.31. The highest BCUT2D eigenvalue weighted by Crippen LogP contribution is 2.12. The highest BCUT2D eigenvalue weighted by molar-refractivity contribution is 9.09. The molecule has 16 heavy (non-hydrogen) atoms. The summed E-state index contributed by atoms with van der Waals surface area (Å²) < 4.78 is 0. The molecule has 0 aromatic rings. The molecule has 0 aliphatic heterocycles. The van der Waals surface area contributed by atoms with E-state index in [1.807, 2.05) is 0 Å². The van der Waals surface area contributed by atoms with Crippen LogP contribution in [0.15, 0.2) is 0 Å². The Morgan fingerprint density at radius 1 is 0.688 bits per heavy atom. The maximum atomic E-state index is 3.48. The van der Waals surface area contributed by atoms with Crippen molar-refractivity contribution >= 4 is 27.7 Å². The van der Waals surface area contributed by atoms with Gasteiger partial charge in [-0.05, 0) is 30.8 Å². The Labute approximate surface area is 115 Å². The molecule has 0 heterocycles. The lowest BCUT2D eigenvalue weighted by atomic mass is 10.1. The van der Waals surface area contributed by atoms with E-state index in [1.165, 1.54) is 81.0 Å². The largest absolute Gasteiger partial charge is 0.162 e. The summed E-state index contributed by atoms with van der Waals surface area (Å²) in [5, 5.41) is 1.18. The fourth-order valence-electron chi connectivity index (χ4n) is 1.74. The maximum Gasteiger partial charge on any atom is 0.00313 e. The number of hydrogen-bond acceptors (Lipinski definition) is 1. The molecule has 0 fully saturated rings. The van der Waals surface area contributed by atoms with Crippen LogP contribution in [-0.2, 0) is 0 Å². The van der Waals surface area contributed by atoms with Crippen molar-refractivity contribution in [3.63, 3.8) is 0 Å². The Balaban J connectivity index is 2.83. The Bertz CT molecular complexity index is 103. The minimum atomic E-state index is 1.18. The quantitative estimate of drug-likeness (QED) is 0.295. The van der Waals surface area contributed by atoms with Gasteiger partial charge < -0.3 is 0 Å². The summed E-state index contributed by atoms with van der Waals surface area (Å²) in [7, 11) is 0. The van der Waals surface area contributed by atoms with Crippen LogP contribution < -0.4 is 0 Å². The lowest BCUT2D eigenvalue weighted by Crippen LogP contribution is -1.86. The summed E-state index contributed by atoms with van der Waals surface area (Å²) in [5.74, 6) is 2.79. The molecule has 0 atom stereocenters. The fourth-order valence-corrected chi connectivity index (χ4v) is 3.16. The molecular formula is C14H29BrS. The van der Waals surface area contributed by atoms with Gasteiger partial charge in [-0.1, -0.05) is 67.8 Å². The van der Waals surface area contributed by atoms with Crippen LogP contribution in [0.1, 0.15) is 71.1 Å². The topological polar surface area (TPSA) is 0 Å². The van der Waals surface area contributed by atoms with E-state index in [-0.39, 0.29) is 0 Å². The lowest BCUT2D eigenvalue weighted by Gasteiger charge is -2.02. The molecule has 0 aliphatic rings. The number of unbranched alkanes of at least 4 members (excludes halogenated alkanes) is 8. The van der Waals surface area contributed by atoms with Gasteiger partial charge in [0.25, 0.3) is 0 Å². The zero-order chi connectivity index (χ0) is 11.9. The Morgan fingerprint density at radius 3 is 1.75 bits per heavy atom. The Morgan fingerprint density at radius 2 is 1.19 bits per heavy atom. The SMILES string of the molecule is CCCCCCSCCCCCCCCBr. The third kappa shape index (κ3) is 14.8. The van der Waals surface area contributed by atoms with Gasteiger partial charge in [0.05, 0.1) is 0 Å². The van der Waals surface area contributed by atoms with Gasteiger partial charge in [0.2, 0.25) is 0 Å². The van der Waals surface area contributed by atoms with Crippen LogP contribution in [0.2, 0.25) is 0 Å². The molecule has 0 aromatic heterocycles. The van der Waals surface area contributed by atoms with Crippen molar-refractivity contribution in [3.8, 4) is 0 Å². The fraction of sp³-hybridized carbons (Fsp3) is 1.00. The van der Waals surface area contributed by atoms with E-state index in [2.05, 4.69) is 34.6 Å². The van der Waals surface area contributed by atoms with E-state index in [9.17, 15) is 0 Å². The smallest absolute Gasteiger partial charge is 0.00313 e. The van der Waals surface area contributed by atoms with Crippen LogP contribution >= 0.6 is 27.7 Å². The molecule has 0 saturated heterocycles. The van der Waals surface area contributed by atoms with Crippen LogP contribution in [0.3, 0.4) is 0 Å². The van der Waals surface area contributed by atoms with Crippen molar-refractivity contribution in [2.45, 2.75) is 71.1 Å². The minimum absolute atomic E-state index is 1.18. The monoisotopic (exact) mass is 308 g/mol. The van der Waals surface area contributed by atoms with Crippen molar-refractivity contribution in [1.82, 2.24) is 0 Å². The predicted octanol–water partition coefficient (Wildman–Crippen LogP) is 6.04. The van der Waals surface area contributed by atoms with Crippen LogP contribution in [0.4, 0.5) is 0 Å². The molecule has 98 valence electrons.